The van der Waals surface area contributed by atoms with Crippen molar-refractivity contribution < 1.29 is 0 Å². The monoisotopic (exact) mass is 416 g/mol. The largest absolute Gasteiger partial charge is 0.147 e. The zero-order chi connectivity index (χ0) is 22.0. The van der Waals surface area contributed by atoms with E-state index in [4.69, 9.17) is 25.3 Å². The summed E-state index contributed by atoms with van der Waals surface area (Å²) >= 11 is 9.60. The summed E-state index contributed by atoms with van der Waals surface area (Å²) in [4.78, 5) is 2.07. The Balaban J connectivity index is 0.00000105. The summed E-state index contributed by atoms with van der Waals surface area (Å²) < 4.78 is 0. The summed E-state index contributed by atoms with van der Waals surface area (Å²) in [5.74, 6) is 0.224. The van der Waals surface area contributed by atoms with Gasteiger partial charge in [0.1, 0.15) is 0 Å². The average molecular weight is 417 g/mol. The molecule has 0 N–H and O–H groups in total. The normalized spacial score (nSPS) is 16.2. The van der Waals surface area contributed by atoms with Gasteiger partial charge in [-0.15, -0.1) is 25.3 Å². The fourth-order valence-electron chi connectivity index (χ4n) is 2.97. The first-order valence-electron chi connectivity index (χ1n) is 10.0. The highest BCUT2D eigenvalue weighted by atomic mass is 32.1. The SMILES string of the molecule is C=C(C)C1=C(S)C(CC=C(C)C)=C(S)C(CC=C(C)C)C1=C.CCC=C(C)C. The maximum Gasteiger partial charge on any atom is 0.0185 e. The molecule has 1 atom stereocenters. The minimum absolute atomic E-state index is 0.224. The van der Waals surface area contributed by atoms with Gasteiger partial charge in [0.15, 0.2) is 0 Å². The van der Waals surface area contributed by atoms with Gasteiger partial charge < -0.3 is 0 Å². The molecule has 0 nitrogen and oxygen atoms in total. The molecular formula is C26H40S2. The number of allylic oxidation sites excluding steroid dienone is 11. The van der Waals surface area contributed by atoms with Gasteiger partial charge in [0.05, 0.1) is 0 Å². The van der Waals surface area contributed by atoms with E-state index >= 15 is 0 Å². The van der Waals surface area contributed by atoms with E-state index in [1.807, 2.05) is 6.92 Å². The van der Waals surface area contributed by atoms with Crippen molar-refractivity contribution in [3.8, 4) is 0 Å². The lowest BCUT2D eigenvalue weighted by Crippen LogP contribution is -2.15. The molecule has 0 aliphatic heterocycles. The molecule has 1 rings (SSSR count). The molecule has 0 heterocycles. The Morgan fingerprint density at radius 1 is 0.893 bits per heavy atom. The molecule has 0 fully saturated rings. The highest BCUT2D eigenvalue weighted by Crippen LogP contribution is 2.46. The van der Waals surface area contributed by atoms with E-state index in [2.05, 4.69) is 79.9 Å². The Bertz CT molecular complexity index is 724. The lowest BCUT2D eigenvalue weighted by molar-refractivity contribution is 0.752. The summed E-state index contributed by atoms with van der Waals surface area (Å²) in [6.07, 6.45) is 9.64. The van der Waals surface area contributed by atoms with Crippen LogP contribution in [-0.4, -0.2) is 0 Å². The number of thiol groups is 2. The highest BCUT2D eigenvalue weighted by molar-refractivity contribution is 7.86. The molecule has 0 aromatic rings. The van der Waals surface area contributed by atoms with E-state index in [0.717, 1.165) is 39.4 Å². The molecule has 0 saturated carbocycles. The van der Waals surface area contributed by atoms with E-state index in [1.54, 1.807) is 0 Å². The summed E-state index contributed by atoms with van der Waals surface area (Å²) in [5, 5.41) is 0. The minimum atomic E-state index is 0.224. The van der Waals surface area contributed by atoms with Gasteiger partial charge in [0, 0.05) is 10.8 Å². The first-order valence-corrected chi connectivity index (χ1v) is 10.9. The maximum absolute atomic E-state index is 4.83. The van der Waals surface area contributed by atoms with Crippen molar-refractivity contribution in [3.63, 3.8) is 0 Å². The topological polar surface area (TPSA) is 0 Å². The highest BCUT2D eigenvalue weighted by Gasteiger charge is 2.28. The number of hydrogen-bond donors (Lipinski definition) is 2. The van der Waals surface area contributed by atoms with Crippen molar-refractivity contribution in [3.05, 3.63) is 80.2 Å². The summed E-state index contributed by atoms with van der Waals surface area (Å²) in [6, 6.07) is 0. The van der Waals surface area contributed by atoms with Gasteiger partial charge in [0.25, 0.3) is 0 Å². The molecule has 0 saturated heterocycles. The first kappa shape index (κ1) is 26.9. The van der Waals surface area contributed by atoms with E-state index in [0.29, 0.717) is 0 Å². The van der Waals surface area contributed by atoms with E-state index < -0.39 is 0 Å². The fraction of sp³-hybridized carbons (Fsp3) is 0.462. The summed E-state index contributed by atoms with van der Waals surface area (Å²) in [7, 11) is 0. The van der Waals surface area contributed by atoms with Gasteiger partial charge >= 0.3 is 0 Å². The molecular weight excluding hydrogens is 376 g/mol. The molecule has 0 amide bonds. The van der Waals surface area contributed by atoms with Crippen LogP contribution in [0.2, 0.25) is 0 Å². The second-order valence-corrected chi connectivity index (χ2v) is 9.07. The standard InChI is InChI=1S/C20H28S2.C6H12/c1-12(2)8-10-16-15(7)18(14(5)6)20(22)17(19(16)21)11-9-13(3)4;1-4-5-6(2)3/h8-9,16,21-22H,5,7,10-11H2,1-4,6H3;5H,4H2,1-3H3. The summed E-state index contributed by atoms with van der Waals surface area (Å²) in [6.45, 7) is 25.3. The van der Waals surface area contributed by atoms with Crippen LogP contribution in [0.3, 0.4) is 0 Å². The van der Waals surface area contributed by atoms with Gasteiger partial charge in [-0.3, -0.25) is 0 Å². The van der Waals surface area contributed by atoms with Crippen molar-refractivity contribution >= 4 is 25.3 Å². The third-order valence-corrected chi connectivity index (χ3v) is 5.49. The molecule has 0 aromatic heterocycles. The third kappa shape index (κ3) is 8.92. The molecule has 1 unspecified atom stereocenters. The average Bonchev–Trinajstić information content (AvgIpc) is 2.53. The summed E-state index contributed by atoms with van der Waals surface area (Å²) in [5.41, 5.74) is 8.44. The Hall–Kier alpha value is -1.12. The van der Waals surface area contributed by atoms with Gasteiger partial charge in [-0.05, 0) is 94.9 Å². The van der Waals surface area contributed by atoms with Gasteiger partial charge in [-0.25, -0.2) is 0 Å². The number of rotatable bonds is 6. The molecule has 28 heavy (non-hydrogen) atoms. The smallest absolute Gasteiger partial charge is 0.0185 e. The quantitative estimate of drug-likeness (QED) is 0.313. The Morgan fingerprint density at radius 2 is 1.39 bits per heavy atom. The van der Waals surface area contributed by atoms with Crippen LogP contribution in [0, 0.1) is 5.92 Å². The van der Waals surface area contributed by atoms with E-state index in [1.165, 1.54) is 28.7 Å². The van der Waals surface area contributed by atoms with Crippen molar-refractivity contribution in [1.29, 1.82) is 0 Å². The van der Waals surface area contributed by atoms with Gasteiger partial charge in [0.2, 0.25) is 0 Å². The zero-order valence-electron chi connectivity index (χ0n) is 19.2. The van der Waals surface area contributed by atoms with Crippen molar-refractivity contribution in [2.75, 3.05) is 0 Å². The van der Waals surface area contributed by atoms with Crippen LogP contribution in [0.1, 0.15) is 74.7 Å². The molecule has 2 heteroatoms. The van der Waals surface area contributed by atoms with Crippen LogP contribution < -0.4 is 0 Å². The minimum Gasteiger partial charge on any atom is -0.147 e. The van der Waals surface area contributed by atoms with Crippen LogP contribution in [0.15, 0.2) is 80.2 Å². The van der Waals surface area contributed by atoms with Crippen LogP contribution >= 0.6 is 25.3 Å². The van der Waals surface area contributed by atoms with Gasteiger partial charge in [-0.1, -0.05) is 55.0 Å². The van der Waals surface area contributed by atoms with Crippen molar-refractivity contribution in [2.24, 2.45) is 5.92 Å². The molecule has 0 aromatic carbocycles. The molecule has 156 valence electrons. The van der Waals surface area contributed by atoms with Crippen LogP contribution in [0.5, 0.6) is 0 Å². The van der Waals surface area contributed by atoms with Crippen LogP contribution in [-0.2, 0) is 0 Å². The lowest BCUT2D eigenvalue weighted by Gasteiger charge is -2.31. The fourth-order valence-corrected chi connectivity index (χ4v) is 4.07. The predicted octanol–water partition coefficient (Wildman–Crippen LogP) is 9.19. The molecule has 1 aliphatic rings. The maximum atomic E-state index is 4.83. The Kier molecular flexibility index (Phi) is 12.6. The number of hydrogen-bond acceptors (Lipinski definition) is 2. The zero-order valence-corrected chi connectivity index (χ0v) is 21.0. The second-order valence-electron chi connectivity index (χ2n) is 8.14. The predicted molar refractivity (Wildman–Crippen MR) is 137 cm³/mol. The Labute approximate surface area is 185 Å². The third-order valence-electron chi connectivity index (χ3n) is 4.42. The molecule has 0 bridgehead atoms. The van der Waals surface area contributed by atoms with Crippen LogP contribution in [0.4, 0.5) is 0 Å². The van der Waals surface area contributed by atoms with Crippen molar-refractivity contribution in [1.82, 2.24) is 0 Å². The lowest BCUT2D eigenvalue weighted by atomic mass is 9.80. The molecule has 1 aliphatic carbocycles. The van der Waals surface area contributed by atoms with Crippen molar-refractivity contribution in [2.45, 2.75) is 74.7 Å². The first-order chi connectivity index (χ1) is 12.9. The molecule has 0 spiro atoms. The van der Waals surface area contributed by atoms with Crippen LogP contribution in [0.25, 0.3) is 0 Å². The van der Waals surface area contributed by atoms with E-state index in [9.17, 15) is 0 Å². The van der Waals surface area contributed by atoms with Gasteiger partial charge in [-0.2, -0.15) is 0 Å². The molecule has 0 radical (unpaired) electrons. The Morgan fingerprint density at radius 3 is 1.75 bits per heavy atom. The second kappa shape index (κ2) is 13.2. The van der Waals surface area contributed by atoms with E-state index in [-0.39, 0.29) is 5.92 Å².